The van der Waals surface area contributed by atoms with Crippen molar-refractivity contribution >= 4 is 27.5 Å². The Morgan fingerprint density at radius 1 is 1.29 bits per heavy atom. The fraction of sp³-hybridized carbons (Fsp3) is 0.455. The van der Waals surface area contributed by atoms with Crippen molar-refractivity contribution in [2.45, 2.75) is 28.9 Å². The van der Waals surface area contributed by atoms with Crippen LogP contribution in [0, 0.1) is 0 Å². The highest BCUT2D eigenvalue weighted by atomic mass is 32.2. The highest BCUT2D eigenvalue weighted by Gasteiger charge is 2.18. The van der Waals surface area contributed by atoms with E-state index in [0.29, 0.717) is 10.9 Å². The molecular formula is C11H18N2O2S2. The molecule has 0 aliphatic heterocycles. The number of hydrogen-bond donors (Lipinski definition) is 1. The first kappa shape index (κ1) is 14.3. The fourth-order valence-electron chi connectivity index (χ4n) is 1.26. The SMILES string of the molecule is CC(C)Sc1ccc(S(=O)(=O)N(C)C)cc1N. The van der Waals surface area contributed by atoms with E-state index in [-0.39, 0.29) is 4.90 Å². The maximum absolute atomic E-state index is 11.9. The van der Waals surface area contributed by atoms with Crippen molar-refractivity contribution in [3.63, 3.8) is 0 Å². The molecule has 17 heavy (non-hydrogen) atoms. The number of rotatable bonds is 4. The quantitative estimate of drug-likeness (QED) is 0.674. The van der Waals surface area contributed by atoms with Crippen molar-refractivity contribution in [3.8, 4) is 0 Å². The Balaban J connectivity index is 3.13. The van der Waals surface area contributed by atoms with Gasteiger partial charge < -0.3 is 5.73 Å². The van der Waals surface area contributed by atoms with Gasteiger partial charge in [0, 0.05) is 29.9 Å². The lowest BCUT2D eigenvalue weighted by Crippen LogP contribution is -2.22. The van der Waals surface area contributed by atoms with E-state index in [2.05, 4.69) is 13.8 Å². The Kier molecular flexibility index (Phi) is 4.46. The number of nitrogens with two attached hydrogens (primary N) is 1. The molecular weight excluding hydrogens is 256 g/mol. The molecule has 6 heteroatoms. The third-order valence-electron chi connectivity index (χ3n) is 2.12. The average Bonchev–Trinajstić information content (AvgIpc) is 2.20. The number of nitrogen functional groups attached to an aromatic ring is 1. The molecule has 1 aromatic carbocycles. The zero-order valence-electron chi connectivity index (χ0n) is 10.5. The third-order valence-corrected chi connectivity index (χ3v) is 5.03. The van der Waals surface area contributed by atoms with Gasteiger partial charge in [0.05, 0.1) is 4.90 Å². The van der Waals surface area contributed by atoms with Crippen LogP contribution in [0.2, 0.25) is 0 Å². The minimum Gasteiger partial charge on any atom is -0.398 e. The average molecular weight is 274 g/mol. The predicted molar refractivity (Wildman–Crippen MR) is 72.7 cm³/mol. The standard InChI is InChI=1S/C11H18N2O2S2/c1-8(2)16-11-6-5-9(7-10(11)12)17(14,15)13(3)4/h5-8H,12H2,1-4H3. The van der Waals surface area contributed by atoms with E-state index in [4.69, 9.17) is 5.73 Å². The molecule has 1 rings (SSSR count). The number of anilines is 1. The first-order valence-electron chi connectivity index (χ1n) is 5.24. The summed E-state index contributed by atoms with van der Waals surface area (Å²) in [5, 5.41) is 0.411. The van der Waals surface area contributed by atoms with Crippen molar-refractivity contribution in [3.05, 3.63) is 18.2 Å². The van der Waals surface area contributed by atoms with Crippen LogP contribution in [-0.2, 0) is 10.0 Å². The van der Waals surface area contributed by atoms with Gasteiger partial charge in [0.25, 0.3) is 0 Å². The summed E-state index contributed by atoms with van der Waals surface area (Å²) >= 11 is 1.62. The molecule has 1 aromatic rings. The van der Waals surface area contributed by atoms with Gasteiger partial charge in [0.2, 0.25) is 10.0 Å². The number of sulfonamides is 1. The monoisotopic (exact) mass is 274 g/mol. The molecule has 0 heterocycles. The van der Waals surface area contributed by atoms with Gasteiger partial charge in [-0.05, 0) is 18.2 Å². The molecule has 0 aliphatic rings. The number of benzene rings is 1. The lowest BCUT2D eigenvalue weighted by atomic mass is 10.3. The van der Waals surface area contributed by atoms with Gasteiger partial charge in [0.15, 0.2) is 0 Å². The fourth-order valence-corrected chi connectivity index (χ4v) is 3.05. The van der Waals surface area contributed by atoms with Crippen molar-refractivity contribution in [2.24, 2.45) is 0 Å². The molecule has 0 radical (unpaired) electrons. The van der Waals surface area contributed by atoms with Crippen LogP contribution < -0.4 is 5.73 Å². The Morgan fingerprint density at radius 3 is 2.29 bits per heavy atom. The van der Waals surface area contributed by atoms with Gasteiger partial charge in [-0.2, -0.15) is 0 Å². The molecule has 2 N–H and O–H groups in total. The normalized spacial score (nSPS) is 12.4. The van der Waals surface area contributed by atoms with Crippen LogP contribution in [0.4, 0.5) is 5.69 Å². The van der Waals surface area contributed by atoms with E-state index in [1.807, 2.05) is 0 Å². The van der Waals surface area contributed by atoms with Crippen molar-refractivity contribution in [1.82, 2.24) is 4.31 Å². The summed E-state index contributed by atoms with van der Waals surface area (Å²) < 4.78 is 24.9. The minimum atomic E-state index is -3.40. The molecule has 0 saturated heterocycles. The largest absolute Gasteiger partial charge is 0.398 e. The zero-order chi connectivity index (χ0) is 13.2. The van der Waals surface area contributed by atoms with Crippen LogP contribution in [-0.4, -0.2) is 32.1 Å². The lowest BCUT2D eigenvalue weighted by molar-refractivity contribution is 0.520. The highest BCUT2D eigenvalue weighted by molar-refractivity contribution is 8.00. The van der Waals surface area contributed by atoms with E-state index in [9.17, 15) is 8.42 Å². The third kappa shape index (κ3) is 3.37. The minimum absolute atomic E-state index is 0.230. The van der Waals surface area contributed by atoms with E-state index < -0.39 is 10.0 Å². The van der Waals surface area contributed by atoms with Gasteiger partial charge in [-0.25, -0.2) is 12.7 Å². The topological polar surface area (TPSA) is 63.4 Å². The molecule has 0 saturated carbocycles. The maximum Gasteiger partial charge on any atom is 0.242 e. The summed E-state index contributed by atoms with van der Waals surface area (Å²) in [4.78, 5) is 1.14. The Hall–Kier alpha value is -0.720. The summed E-state index contributed by atoms with van der Waals surface area (Å²) in [6, 6.07) is 4.87. The summed E-state index contributed by atoms with van der Waals surface area (Å²) in [5.41, 5.74) is 6.37. The summed E-state index contributed by atoms with van der Waals surface area (Å²) in [7, 11) is -0.396. The van der Waals surface area contributed by atoms with Crippen LogP contribution in [0.25, 0.3) is 0 Å². The maximum atomic E-state index is 11.9. The zero-order valence-corrected chi connectivity index (χ0v) is 12.1. The molecule has 0 unspecified atom stereocenters. The van der Waals surface area contributed by atoms with Gasteiger partial charge >= 0.3 is 0 Å². The van der Waals surface area contributed by atoms with Crippen LogP contribution in [0.3, 0.4) is 0 Å². The summed E-state index contributed by atoms with van der Waals surface area (Å²) in [6.45, 7) is 4.13. The molecule has 0 fully saturated rings. The second-order valence-corrected chi connectivity index (χ2v) is 7.92. The molecule has 0 spiro atoms. The van der Waals surface area contributed by atoms with E-state index in [1.165, 1.54) is 24.5 Å². The van der Waals surface area contributed by atoms with Crippen molar-refractivity contribution in [1.29, 1.82) is 0 Å². The van der Waals surface area contributed by atoms with Crippen LogP contribution >= 0.6 is 11.8 Å². The molecule has 0 aromatic heterocycles. The van der Waals surface area contributed by atoms with Crippen molar-refractivity contribution in [2.75, 3.05) is 19.8 Å². The number of thioether (sulfide) groups is 1. The smallest absolute Gasteiger partial charge is 0.242 e. The molecule has 0 amide bonds. The Morgan fingerprint density at radius 2 is 1.88 bits per heavy atom. The Labute approximate surface area is 107 Å². The lowest BCUT2D eigenvalue weighted by Gasteiger charge is -2.13. The molecule has 0 atom stereocenters. The second-order valence-electron chi connectivity index (χ2n) is 4.15. The van der Waals surface area contributed by atoms with E-state index in [1.54, 1.807) is 23.9 Å². The van der Waals surface area contributed by atoms with Gasteiger partial charge in [-0.3, -0.25) is 0 Å². The summed E-state index contributed by atoms with van der Waals surface area (Å²) in [6.07, 6.45) is 0. The van der Waals surface area contributed by atoms with Gasteiger partial charge in [-0.1, -0.05) is 13.8 Å². The van der Waals surface area contributed by atoms with Crippen molar-refractivity contribution < 1.29 is 8.42 Å². The first-order chi connectivity index (χ1) is 7.75. The molecule has 4 nitrogen and oxygen atoms in total. The van der Waals surface area contributed by atoms with Crippen LogP contribution in [0.1, 0.15) is 13.8 Å². The second kappa shape index (κ2) is 5.29. The van der Waals surface area contributed by atoms with Gasteiger partial charge in [0.1, 0.15) is 0 Å². The van der Waals surface area contributed by atoms with Gasteiger partial charge in [-0.15, -0.1) is 11.8 Å². The predicted octanol–water partition coefficient (Wildman–Crippen LogP) is 2.02. The number of hydrogen-bond acceptors (Lipinski definition) is 4. The summed E-state index contributed by atoms with van der Waals surface area (Å²) in [5.74, 6) is 0. The van der Waals surface area contributed by atoms with Crippen LogP contribution in [0.5, 0.6) is 0 Å². The number of nitrogens with zero attached hydrogens (tertiary/aromatic N) is 1. The molecule has 0 bridgehead atoms. The van der Waals surface area contributed by atoms with E-state index in [0.717, 1.165) is 4.90 Å². The molecule has 0 aliphatic carbocycles. The Bertz CT molecular complexity index is 496. The highest BCUT2D eigenvalue weighted by Crippen LogP contribution is 2.30. The first-order valence-corrected chi connectivity index (χ1v) is 7.56. The van der Waals surface area contributed by atoms with Crippen LogP contribution in [0.15, 0.2) is 28.0 Å². The molecule has 96 valence electrons. The van der Waals surface area contributed by atoms with E-state index >= 15 is 0 Å².